The molecule has 0 spiro atoms. The average Bonchev–Trinajstić information content (AvgIpc) is 2.71. The lowest BCUT2D eigenvalue weighted by atomic mass is 10.1. The van der Waals surface area contributed by atoms with Crippen LogP contribution in [0.1, 0.15) is 45.4 Å². The van der Waals surface area contributed by atoms with Gasteiger partial charge in [0.25, 0.3) is 0 Å². The molecular weight excluding hydrogens is 372 g/mol. The molecular formula is C23H31ClN2O2. The molecule has 2 aromatic carbocycles. The highest BCUT2D eigenvalue weighted by Crippen LogP contribution is 2.15. The monoisotopic (exact) mass is 402 g/mol. The molecule has 0 unspecified atom stereocenters. The number of ether oxygens (including phenoxy) is 1. The largest absolute Gasteiger partial charge is 0.492 e. The Morgan fingerprint density at radius 2 is 1.61 bits per heavy atom. The number of nitrogens with one attached hydrogen (secondary N) is 1. The zero-order chi connectivity index (χ0) is 20.0. The fourth-order valence-corrected chi connectivity index (χ4v) is 3.05. The predicted octanol–water partition coefficient (Wildman–Crippen LogP) is 6.61. The van der Waals surface area contributed by atoms with Gasteiger partial charge in [0.05, 0.1) is 6.54 Å². The molecule has 0 heterocycles. The van der Waals surface area contributed by atoms with Crippen molar-refractivity contribution in [3.63, 3.8) is 0 Å². The number of anilines is 1. The van der Waals surface area contributed by atoms with Crippen molar-refractivity contribution in [3.8, 4) is 5.75 Å². The molecule has 4 nitrogen and oxygen atoms in total. The third-order valence-electron chi connectivity index (χ3n) is 4.54. The molecule has 1 N–H and O–H groups in total. The number of hydrogen-bond acceptors (Lipinski definition) is 2. The number of hydrogen-bond donors (Lipinski definition) is 1. The molecule has 2 rings (SSSR count). The molecule has 0 radical (unpaired) electrons. The lowest BCUT2D eigenvalue weighted by Crippen LogP contribution is -2.38. The standard InChI is InChI=1S/C23H31ClN2O2/c1-2-3-4-5-6-10-17-26(18-19-28-22-11-8-7-9-12-22)23(27)25-21-15-13-20(24)14-16-21/h7-9,11-16H,2-6,10,17-19H2,1H3,(H,25,27). The first-order valence-electron chi connectivity index (χ1n) is 10.2. The van der Waals surface area contributed by atoms with E-state index in [0.29, 0.717) is 18.2 Å². The molecule has 0 bridgehead atoms. The molecule has 5 heteroatoms. The Morgan fingerprint density at radius 3 is 2.32 bits per heavy atom. The predicted molar refractivity (Wildman–Crippen MR) is 117 cm³/mol. The normalized spacial score (nSPS) is 10.5. The van der Waals surface area contributed by atoms with Gasteiger partial charge < -0.3 is 15.0 Å². The first kappa shape index (κ1) is 22.1. The zero-order valence-electron chi connectivity index (χ0n) is 16.7. The molecule has 0 saturated carbocycles. The summed E-state index contributed by atoms with van der Waals surface area (Å²) in [5, 5.41) is 3.60. The molecule has 0 aliphatic carbocycles. The number of carbonyl (C=O) groups excluding carboxylic acids is 1. The first-order valence-corrected chi connectivity index (χ1v) is 10.6. The van der Waals surface area contributed by atoms with E-state index in [4.69, 9.17) is 16.3 Å². The van der Waals surface area contributed by atoms with E-state index in [9.17, 15) is 4.79 Å². The van der Waals surface area contributed by atoms with Crippen LogP contribution in [0.15, 0.2) is 54.6 Å². The highest BCUT2D eigenvalue weighted by atomic mass is 35.5. The van der Waals surface area contributed by atoms with Gasteiger partial charge in [-0.05, 0) is 42.8 Å². The number of unbranched alkanes of at least 4 members (excludes halogenated alkanes) is 5. The van der Waals surface area contributed by atoms with Crippen molar-refractivity contribution in [1.29, 1.82) is 0 Å². The Morgan fingerprint density at radius 1 is 0.929 bits per heavy atom. The quantitative estimate of drug-likeness (QED) is 0.405. The maximum absolute atomic E-state index is 12.7. The Bertz CT molecular complexity index is 677. The molecule has 152 valence electrons. The van der Waals surface area contributed by atoms with E-state index >= 15 is 0 Å². The first-order chi connectivity index (χ1) is 13.7. The topological polar surface area (TPSA) is 41.6 Å². The van der Waals surface area contributed by atoms with Crippen LogP contribution in [0.3, 0.4) is 0 Å². The van der Waals surface area contributed by atoms with E-state index in [1.54, 1.807) is 12.1 Å². The van der Waals surface area contributed by atoms with Crippen LogP contribution in [0.4, 0.5) is 10.5 Å². The van der Waals surface area contributed by atoms with Crippen molar-refractivity contribution in [2.45, 2.75) is 45.4 Å². The van der Waals surface area contributed by atoms with E-state index in [-0.39, 0.29) is 6.03 Å². The second kappa shape index (κ2) is 13.1. The summed E-state index contributed by atoms with van der Waals surface area (Å²) >= 11 is 5.92. The average molecular weight is 403 g/mol. The van der Waals surface area contributed by atoms with Crippen LogP contribution in [0.5, 0.6) is 5.75 Å². The lowest BCUT2D eigenvalue weighted by molar-refractivity contribution is 0.193. The van der Waals surface area contributed by atoms with Gasteiger partial charge in [0.15, 0.2) is 0 Å². The molecule has 0 aliphatic rings. The fourth-order valence-electron chi connectivity index (χ4n) is 2.92. The Hall–Kier alpha value is -2.20. The van der Waals surface area contributed by atoms with Crippen molar-refractivity contribution in [2.75, 3.05) is 25.0 Å². The van der Waals surface area contributed by atoms with Crippen LogP contribution in [0.25, 0.3) is 0 Å². The van der Waals surface area contributed by atoms with Gasteiger partial charge in [0.2, 0.25) is 0 Å². The molecule has 2 amide bonds. The van der Waals surface area contributed by atoms with E-state index in [1.165, 1.54) is 25.7 Å². The fraction of sp³-hybridized carbons (Fsp3) is 0.435. The van der Waals surface area contributed by atoms with Crippen LogP contribution in [0, 0.1) is 0 Å². The van der Waals surface area contributed by atoms with E-state index in [1.807, 2.05) is 47.4 Å². The van der Waals surface area contributed by atoms with Gasteiger partial charge in [-0.3, -0.25) is 0 Å². The number of nitrogens with zero attached hydrogens (tertiary/aromatic N) is 1. The third kappa shape index (κ3) is 8.66. The summed E-state index contributed by atoms with van der Waals surface area (Å²) in [7, 11) is 0. The van der Waals surface area contributed by atoms with Gasteiger partial charge >= 0.3 is 6.03 Å². The summed E-state index contributed by atoms with van der Waals surface area (Å²) in [4.78, 5) is 14.6. The number of halogens is 1. The second-order valence-electron chi connectivity index (χ2n) is 6.85. The number of para-hydroxylation sites is 1. The minimum Gasteiger partial charge on any atom is -0.492 e. The van der Waals surface area contributed by atoms with Gasteiger partial charge in [-0.1, -0.05) is 68.8 Å². The number of benzene rings is 2. The van der Waals surface area contributed by atoms with Crippen LogP contribution in [-0.4, -0.2) is 30.6 Å². The SMILES string of the molecule is CCCCCCCCN(CCOc1ccccc1)C(=O)Nc1ccc(Cl)cc1. The van der Waals surface area contributed by atoms with Crippen molar-refractivity contribution in [2.24, 2.45) is 0 Å². The third-order valence-corrected chi connectivity index (χ3v) is 4.79. The molecule has 0 saturated heterocycles. The number of urea groups is 1. The number of carbonyl (C=O) groups is 1. The lowest BCUT2D eigenvalue weighted by Gasteiger charge is -2.23. The molecule has 0 aliphatic heterocycles. The van der Waals surface area contributed by atoms with Gasteiger partial charge in [0.1, 0.15) is 12.4 Å². The summed E-state index contributed by atoms with van der Waals surface area (Å²) < 4.78 is 5.77. The molecule has 2 aromatic rings. The van der Waals surface area contributed by atoms with Gasteiger partial charge in [0, 0.05) is 17.3 Å². The smallest absolute Gasteiger partial charge is 0.321 e. The Labute approximate surface area is 173 Å². The molecule has 28 heavy (non-hydrogen) atoms. The van der Waals surface area contributed by atoms with Crippen molar-refractivity contribution in [3.05, 3.63) is 59.6 Å². The Kier molecular flexibility index (Phi) is 10.3. The summed E-state index contributed by atoms with van der Waals surface area (Å²) in [6, 6.07) is 16.7. The minimum absolute atomic E-state index is 0.104. The highest BCUT2D eigenvalue weighted by molar-refractivity contribution is 6.30. The number of rotatable bonds is 12. The van der Waals surface area contributed by atoms with Crippen molar-refractivity contribution in [1.82, 2.24) is 4.90 Å². The highest BCUT2D eigenvalue weighted by Gasteiger charge is 2.13. The summed E-state index contributed by atoms with van der Waals surface area (Å²) in [5.41, 5.74) is 0.742. The van der Waals surface area contributed by atoms with E-state index in [0.717, 1.165) is 30.8 Å². The van der Waals surface area contributed by atoms with Gasteiger partial charge in [-0.25, -0.2) is 4.79 Å². The van der Waals surface area contributed by atoms with Gasteiger partial charge in [-0.15, -0.1) is 0 Å². The van der Waals surface area contributed by atoms with Crippen LogP contribution < -0.4 is 10.1 Å². The Balaban J connectivity index is 1.84. The van der Waals surface area contributed by atoms with Crippen LogP contribution >= 0.6 is 11.6 Å². The summed E-state index contributed by atoms with van der Waals surface area (Å²) in [6.45, 7) is 3.95. The maximum Gasteiger partial charge on any atom is 0.321 e. The van der Waals surface area contributed by atoms with Crippen molar-refractivity contribution >= 4 is 23.3 Å². The molecule has 0 aromatic heterocycles. The molecule has 0 fully saturated rings. The minimum atomic E-state index is -0.104. The van der Waals surface area contributed by atoms with Crippen molar-refractivity contribution < 1.29 is 9.53 Å². The summed E-state index contributed by atoms with van der Waals surface area (Å²) in [5.74, 6) is 0.820. The van der Waals surface area contributed by atoms with Crippen LogP contribution in [-0.2, 0) is 0 Å². The van der Waals surface area contributed by atoms with E-state index in [2.05, 4.69) is 12.2 Å². The maximum atomic E-state index is 12.7. The van der Waals surface area contributed by atoms with E-state index < -0.39 is 0 Å². The summed E-state index contributed by atoms with van der Waals surface area (Å²) in [6.07, 6.45) is 7.16. The zero-order valence-corrected chi connectivity index (χ0v) is 17.5. The van der Waals surface area contributed by atoms with Crippen LogP contribution in [0.2, 0.25) is 5.02 Å². The number of amides is 2. The molecule has 0 atom stereocenters. The van der Waals surface area contributed by atoms with Gasteiger partial charge in [-0.2, -0.15) is 0 Å². The second-order valence-corrected chi connectivity index (χ2v) is 7.29.